The number of ketones is 1. The van der Waals surface area contributed by atoms with E-state index in [-0.39, 0.29) is 59.2 Å². The van der Waals surface area contributed by atoms with Crippen LogP contribution in [0.1, 0.15) is 97.2 Å². The summed E-state index contributed by atoms with van der Waals surface area (Å²) in [6.45, 7) is 2.50. The molecule has 6 aromatic rings. The minimum absolute atomic E-state index is 0.00482. The summed E-state index contributed by atoms with van der Waals surface area (Å²) in [6, 6.07) is 23.4. The van der Waals surface area contributed by atoms with E-state index >= 15 is 4.79 Å². The van der Waals surface area contributed by atoms with Gasteiger partial charge < -0.3 is 50.4 Å². The Balaban J connectivity index is 1.14. The molecule has 0 saturated heterocycles. The molecule has 1 aliphatic heterocycles. The van der Waals surface area contributed by atoms with Crippen molar-refractivity contribution in [1.29, 1.82) is 0 Å². The van der Waals surface area contributed by atoms with E-state index in [2.05, 4.69) is 35.5 Å². The number of ether oxygens (including phenoxy) is 2. The molecule has 12 nitrogen and oxygen atoms in total. The number of phenolic OH excluding ortho intramolecular Hbond substituents is 4. The van der Waals surface area contributed by atoms with Gasteiger partial charge in [-0.1, -0.05) is 55.5 Å². The minimum Gasteiger partial charge on any atom is -0.668 e. The van der Waals surface area contributed by atoms with E-state index in [1.807, 2.05) is 42.5 Å². The predicted molar refractivity (Wildman–Crippen MR) is 265 cm³/mol. The van der Waals surface area contributed by atoms with Gasteiger partial charge in [0.15, 0.2) is 23.0 Å². The van der Waals surface area contributed by atoms with Gasteiger partial charge in [0.05, 0.1) is 31.8 Å². The third-order valence-corrected chi connectivity index (χ3v) is 15.5. The Morgan fingerprint density at radius 3 is 2.64 bits per heavy atom. The Morgan fingerprint density at radius 2 is 1.83 bits per heavy atom. The molecule has 9 unspecified atom stereocenters. The van der Waals surface area contributed by atoms with Crippen LogP contribution in [0.25, 0.3) is 16.8 Å². The molecule has 1 saturated carbocycles. The van der Waals surface area contributed by atoms with Crippen LogP contribution in [-0.4, -0.2) is 67.3 Å². The standard InChI is InChI=1S/C57H60N3O9/c1-32-5-3-6-34(21-32)31-69-51-28-39(27-49(66)56(51)67)38-23-35-10-11-36-24-42(61)25-37-12-13-44(54(35)53(36)37)60-52-29-40(17-20-59-52)57(18-16-45(62)43(57)30-41-7-4-19-58-41)55(48(65)26-38)47(64)15-9-33-8-14-46(63)50(22-33)68-2/h3-4,6-8,10-14,17,19-20,22,24-25,27-29,32,34-35,38,43,45,47,55,61-64,66-67H,5,9,15-16,18,21,23,26,30-31H2,1-2H3,(H,59,60)/q-1. The van der Waals surface area contributed by atoms with Crippen LogP contribution in [0.5, 0.6) is 34.5 Å². The van der Waals surface area contributed by atoms with Crippen molar-refractivity contribution in [2.24, 2.45) is 23.7 Å². The first kappa shape index (κ1) is 46.0. The highest BCUT2D eigenvalue weighted by atomic mass is 16.5. The first-order chi connectivity index (χ1) is 33.4. The molecule has 12 heteroatoms. The zero-order valence-corrected chi connectivity index (χ0v) is 39.0. The first-order valence-corrected chi connectivity index (χ1v) is 24.3. The van der Waals surface area contributed by atoms with Crippen LogP contribution in [0.3, 0.4) is 0 Å². The van der Waals surface area contributed by atoms with Gasteiger partial charge in [0.1, 0.15) is 17.4 Å². The molecule has 3 aliphatic carbocycles. The van der Waals surface area contributed by atoms with Crippen LogP contribution in [-0.2, 0) is 23.1 Å². The molecule has 0 radical (unpaired) electrons. The van der Waals surface area contributed by atoms with Crippen molar-refractivity contribution in [2.45, 2.75) is 94.2 Å². The highest BCUT2D eigenvalue weighted by molar-refractivity contribution is 6.00. The lowest BCUT2D eigenvalue weighted by molar-refractivity contribution is -0.132. The number of nitrogens with one attached hydrogen (secondary N) is 1. The number of nitrogens with zero attached hydrogens (tertiary/aromatic N) is 2. The van der Waals surface area contributed by atoms with Gasteiger partial charge in [-0.25, -0.2) is 4.98 Å². The smallest absolute Gasteiger partial charge is 0.200 e. The van der Waals surface area contributed by atoms with Gasteiger partial charge in [0.25, 0.3) is 0 Å². The lowest BCUT2D eigenvalue weighted by atomic mass is 9.58. The Kier molecular flexibility index (Phi) is 12.6. The van der Waals surface area contributed by atoms with E-state index in [1.54, 1.807) is 48.8 Å². The zero-order chi connectivity index (χ0) is 48.0. The van der Waals surface area contributed by atoms with Gasteiger partial charge in [-0.3, -0.25) is 4.79 Å². The normalized spacial score (nSPS) is 25.7. The van der Waals surface area contributed by atoms with Gasteiger partial charge >= 0.3 is 0 Å². The van der Waals surface area contributed by atoms with Crippen LogP contribution in [0.15, 0.2) is 109 Å². The number of allylic oxidation sites excluding steroid dienone is 2. The molecule has 2 bridgehead atoms. The lowest BCUT2D eigenvalue weighted by Crippen LogP contribution is -2.51. The van der Waals surface area contributed by atoms with Crippen molar-refractivity contribution in [2.75, 3.05) is 19.0 Å². The summed E-state index contributed by atoms with van der Waals surface area (Å²) in [5.74, 6) is -1.72. The zero-order valence-electron chi connectivity index (χ0n) is 39.0. The summed E-state index contributed by atoms with van der Waals surface area (Å²) in [6.07, 6.45) is 13.7. The predicted octanol–water partition coefficient (Wildman–Crippen LogP) is 9.87. The van der Waals surface area contributed by atoms with E-state index in [0.717, 1.165) is 57.2 Å². The summed E-state index contributed by atoms with van der Waals surface area (Å²) >= 11 is 0. The van der Waals surface area contributed by atoms with E-state index in [4.69, 9.17) is 14.5 Å². The number of benzene rings is 4. The van der Waals surface area contributed by atoms with Crippen molar-refractivity contribution in [3.63, 3.8) is 0 Å². The van der Waals surface area contributed by atoms with Crippen LogP contribution < -0.4 is 19.8 Å². The molecule has 7 N–H and O–H groups in total. The second-order valence-electron chi connectivity index (χ2n) is 19.9. The van der Waals surface area contributed by atoms with Crippen molar-refractivity contribution >= 4 is 34.1 Å². The fourth-order valence-electron chi connectivity index (χ4n) is 12.3. The molecule has 0 amide bonds. The van der Waals surface area contributed by atoms with Gasteiger partial charge in [-0.2, -0.15) is 11.9 Å². The third-order valence-electron chi connectivity index (χ3n) is 15.5. The summed E-state index contributed by atoms with van der Waals surface area (Å²) in [5, 5.41) is 74.6. The molecular formula is C57H60N3O9-. The highest BCUT2D eigenvalue weighted by Gasteiger charge is 2.57. The lowest BCUT2D eigenvalue weighted by Gasteiger charge is -2.46. The molecule has 1 spiro atoms. The van der Waals surface area contributed by atoms with E-state index in [9.17, 15) is 30.6 Å². The quantitative estimate of drug-likeness (QED) is 0.0481. The number of phenols is 4. The van der Waals surface area contributed by atoms with Crippen molar-refractivity contribution in [3.05, 3.63) is 143 Å². The number of aliphatic hydroxyl groups is 2. The summed E-state index contributed by atoms with van der Waals surface area (Å²) in [4.78, 5) is 25.6. The van der Waals surface area contributed by atoms with Gasteiger partial charge in [0.2, 0.25) is 5.75 Å². The summed E-state index contributed by atoms with van der Waals surface area (Å²) < 4.78 is 11.8. The Labute approximate surface area is 402 Å². The monoisotopic (exact) mass is 930 g/mol. The molecular weight excluding hydrogens is 871 g/mol. The average Bonchev–Trinajstić information content (AvgIpc) is 3.98. The molecule has 69 heavy (non-hydrogen) atoms. The molecule has 9 atom stereocenters. The number of aryl methyl sites for hydroxylation is 1. The number of pyridine rings is 1. The topological polar surface area (TPSA) is 196 Å². The number of aliphatic hydroxyl groups excluding tert-OH is 2. The number of carbonyl (C=O) groups is 1. The Morgan fingerprint density at radius 1 is 0.957 bits per heavy atom. The summed E-state index contributed by atoms with van der Waals surface area (Å²) in [7, 11) is 1.48. The average molecular weight is 931 g/mol. The maximum absolute atomic E-state index is 16.2. The Bertz CT molecular complexity index is 2930. The maximum Gasteiger partial charge on any atom is 0.200 e. The second-order valence-corrected chi connectivity index (χ2v) is 19.9. The molecule has 3 heterocycles. The highest BCUT2D eigenvalue weighted by Crippen LogP contribution is 2.56. The van der Waals surface area contributed by atoms with Crippen molar-refractivity contribution in [3.8, 4) is 34.5 Å². The number of anilines is 2. The van der Waals surface area contributed by atoms with Gasteiger partial charge in [-0.05, 0) is 162 Å². The molecule has 2 aromatic heterocycles. The molecule has 358 valence electrons. The number of hydrogen-bond acceptors (Lipinski definition) is 11. The van der Waals surface area contributed by atoms with E-state index in [1.165, 1.54) is 13.2 Å². The number of aromatic hydroxyl groups is 4. The number of fused-ring (bicyclic) bond motifs is 3. The SMILES string of the molecule is COc1cc(CCC(O)C2C(=O)CC(c3cc(O)c(O)c(OCC4C=CCC(C)C4)c3)CC3C=Cc4cc(O)cc5ccc(c3c45)Nc3cc(ccn3)C23CCC(O)C3Cc2ccc[n-]2)ccc1O. The van der Waals surface area contributed by atoms with Gasteiger partial charge in [0, 0.05) is 35.6 Å². The largest absolute Gasteiger partial charge is 0.668 e. The number of Topliss-reactive ketones (excluding diaryl/α,β-unsaturated/α-hetero) is 1. The van der Waals surface area contributed by atoms with Crippen LogP contribution in [0.2, 0.25) is 0 Å². The first-order valence-electron chi connectivity index (χ1n) is 24.3. The molecule has 4 aromatic carbocycles. The van der Waals surface area contributed by atoms with E-state index in [0.29, 0.717) is 61.8 Å². The Hall–Kier alpha value is -6.76. The third kappa shape index (κ3) is 8.92. The number of aromatic nitrogens is 2. The van der Waals surface area contributed by atoms with Crippen LogP contribution in [0, 0.1) is 23.7 Å². The minimum atomic E-state index is -1.21. The number of methoxy groups -OCH3 is 1. The number of carbonyl (C=O) groups excluding carboxylic acids is 1. The fraction of sp³-hybridized carbons (Fsp3) is 0.368. The number of hydrogen-bond donors (Lipinski definition) is 7. The molecule has 10 rings (SSSR count). The molecule has 1 fully saturated rings. The second kappa shape index (κ2) is 19.0. The molecule has 4 aliphatic rings. The van der Waals surface area contributed by atoms with Crippen LogP contribution in [0.4, 0.5) is 11.5 Å². The van der Waals surface area contributed by atoms with E-state index < -0.39 is 35.4 Å². The van der Waals surface area contributed by atoms with Gasteiger partial charge in [-0.15, -0.1) is 0 Å². The van der Waals surface area contributed by atoms with Crippen LogP contribution >= 0.6 is 0 Å². The van der Waals surface area contributed by atoms with Crippen molar-refractivity contribution < 1.29 is 44.9 Å². The number of rotatable bonds is 11. The maximum atomic E-state index is 16.2. The summed E-state index contributed by atoms with van der Waals surface area (Å²) in [5.41, 5.74) is 4.41. The van der Waals surface area contributed by atoms with Crippen molar-refractivity contribution in [1.82, 2.24) is 9.97 Å². The fourth-order valence-corrected chi connectivity index (χ4v) is 12.3.